The van der Waals surface area contributed by atoms with Crippen molar-refractivity contribution >= 4 is 27.3 Å². The number of nitrogens with one attached hydrogen (secondary N) is 2. The molecule has 32 heavy (non-hydrogen) atoms. The Balaban J connectivity index is 1.54. The summed E-state index contributed by atoms with van der Waals surface area (Å²) < 4.78 is 25.0. The van der Waals surface area contributed by atoms with E-state index in [1.165, 1.54) is 0 Å². The van der Waals surface area contributed by atoms with Crippen LogP contribution in [0.5, 0.6) is 0 Å². The van der Waals surface area contributed by atoms with Crippen LogP contribution >= 0.6 is 0 Å². The van der Waals surface area contributed by atoms with Crippen LogP contribution in [0.2, 0.25) is 0 Å². The summed E-state index contributed by atoms with van der Waals surface area (Å²) in [4.78, 5) is 24.6. The van der Waals surface area contributed by atoms with Crippen LogP contribution in [0.3, 0.4) is 0 Å². The highest BCUT2D eigenvalue weighted by Gasteiger charge is 2.18. The highest BCUT2D eigenvalue weighted by Crippen LogP contribution is 2.12. The van der Waals surface area contributed by atoms with Crippen molar-refractivity contribution in [3.8, 4) is 0 Å². The molecule has 0 saturated carbocycles. The number of amides is 2. The fourth-order valence-corrected chi connectivity index (χ4v) is 4.47. The third kappa shape index (κ3) is 7.35. The van der Waals surface area contributed by atoms with Crippen molar-refractivity contribution in [2.24, 2.45) is 0 Å². The van der Waals surface area contributed by atoms with Gasteiger partial charge >= 0.3 is 0 Å². The number of benzene rings is 3. The minimum Gasteiger partial charge on any atom is -0.352 e. The third-order valence-electron chi connectivity index (χ3n) is 4.80. The number of anilines is 1. The number of carbonyl (C=O) groups excluding carboxylic acids is 2. The van der Waals surface area contributed by atoms with Gasteiger partial charge in [-0.1, -0.05) is 60.2 Å². The summed E-state index contributed by atoms with van der Waals surface area (Å²) >= 11 is 0. The Hall–Kier alpha value is -3.45. The van der Waals surface area contributed by atoms with Crippen LogP contribution in [-0.4, -0.2) is 32.5 Å². The number of hydrogen-bond donors (Lipinski definition) is 2. The Morgan fingerprint density at radius 1 is 0.844 bits per heavy atom. The van der Waals surface area contributed by atoms with Gasteiger partial charge in [-0.25, -0.2) is 8.42 Å². The molecule has 0 heterocycles. The first kappa shape index (κ1) is 23.2. The molecule has 0 bridgehead atoms. The van der Waals surface area contributed by atoms with Crippen LogP contribution in [0.15, 0.2) is 78.9 Å². The number of aryl methyl sites for hydroxylation is 1. The maximum atomic E-state index is 12.5. The quantitative estimate of drug-likeness (QED) is 0.522. The van der Waals surface area contributed by atoms with E-state index in [1.54, 1.807) is 36.4 Å². The van der Waals surface area contributed by atoms with E-state index in [9.17, 15) is 18.0 Å². The summed E-state index contributed by atoms with van der Waals surface area (Å²) in [5, 5.41) is 5.44. The summed E-state index contributed by atoms with van der Waals surface area (Å²) in [7, 11) is -3.70. The van der Waals surface area contributed by atoms with Gasteiger partial charge in [0.05, 0.1) is 5.75 Å². The Morgan fingerprint density at radius 3 is 2.25 bits per heavy atom. The van der Waals surface area contributed by atoms with Gasteiger partial charge in [-0.05, 0) is 48.7 Å². The van der Waals surface area contributed by atoms with Gasteiger partial charge in [0.15, 0.2) is 9.84 Å². The van der Waals surface area contributed by atoms with Crippen molar-refractivity contribution in [1.29, 1.82) is 0 Å². The zero-order chi connectivity index (χ0) is 23.0. The molecule has 0 spiro atoms. The number of rotatable bonds is 9. The van der Waals surface area contributed by atoms with Crippen LogP contribution < -0.4 is 10.6 Å². The van der Waals surface area contributed by atoms with Crippen molar-refractivity contribution in [1.82, 2.24) is 5.32 Å². The van der Waals surface area contributed by atoms with Crippen LogP contribution in [0.1, 0.15) is 27.0 Å². The molecule has 0 fully saturated rings. The van der Waals surface area contributed by atoms with Crippen molar-refractivity contribution < 1.29 is 18.0 Å². The lowest BCUT2D eigenvalue weighted by Gasteiger charge is -2.09. The van der Waals surface area contributed by atoms with Gasteiger partial charge in [-0.2, -0.15) is 0 Å². The normalized spacial score (nSPS) is 11.0. The van der Waals surface area contributed by atoms with E-state index >= 15 is 0 Å². The smallest absolute Gasteiger partial charge is 0.251 e. The molecule has 0 unspecified atom stereocenters. The van der Waals surface area contributed by atoms with Crippen LogP contribution in [-0.2, 0) is 26.8 Å². The van der Waals surface area contributed by atoms with E-state index in [0.717, 1.165) is 11.1 Å². The molecule has 3 aromatic rings. The molecule has 0 atom stereocenters. The molecule has 6 nitrogen and oxygen atoms in total. The molecule has 7 heteroatoms. The molecule has 0 aliphatic heterocycles. The fourth-order valence-electron chi connectivity index (χ4n) is 3.21. The monoisotopic (exact) mass is 450 g/mol. The number of sulfone groups is 1. The standard InChI is InChI=1S/C25H26N2O4S/c1-19-10-12-23(13-11-19)27-24(28)18-32(30,31)17-21-8-5-9-22(16-21)25(29)26-15-14-20-6-3-2-4-7-20/h2-13,16H,14-15,17-18H2,1H3,(H,26,29)(H,27,28). The van der Waals surface area contributed by atoms with Crippen molar-refractivity contribution in [3.63, 3.8) is 0 Å². The molecule has 3 rings (SSSR count). The molecule has 2 N–H and O–H groups in total. The van der Waals surface area contributed by atoms with Gasteiger partial charge in [0.1, 0.15) is 5.75 Å². The van der Waals surface area contributed by atoms with Crippen LogP contribution in [0.25, 0.3) is 0 Å². The summed E-state index contributed by atoms with van der Waals surface area (Å²) in [6.45, 7) is 2.40. The molecule has 0 radical (unpaired) electrons. The average molecular weight is 451 g/mol. The van der Waals surface area contributed by atoms with Gasteiger partial charge in [-0.15, -0.1) is 0 Å². The van der Waals surface area contributed by atoms with Gasteiger partial charge in [-0.3, -0.25) is 9.59 Å². The Labute approximate surface area is 188 Å². The van der Waals surface area contributed by atoms with E-state index in [0.29, 0.717) is 29.8 Å². The maximum Gasteiger partial charge on any atom is 0.251 e. The predicted octanol–water partition coefficient (Wildman–Crippen LogP) is 3.52. The Kier molecular flexibility index (Phi) is 7.78. The third-order valence-corrected chi connectivity index (χ3v) is 6.28. The van der Waals surface area contributed by atoms with Gasteiger partial charge < -0.3 is 10.6 Å². The first-order valence-electron chi connectivity index (χ1n) is 10.3. The first-order chi connectivity index (χ1) is 15.3. The van der Waals surface area contributed by atoms with Gasteiger partial charge in [0.2, 0.25) is 5.91 Å². The first-order valence-corrected chi connectivity index (χ1v) is 12.1. The van der Waals surface area contributed by atoms with Gasteiger partial charge in [0.25, 0.3) is 5.91 Å². The van der Waals surface area contributed by atoms with Crippen molar-refractivity contribution in [3.05, 3.63) is 101 Å². The highest BCUT2D eigenvalue weighted by molar-refractivity contribution is 7.91. The Bertz CT molecular complexity index is 1170. The van der Waals surface area contributed by atoms with E-state index in [4.69, 9.17) is 0 Å². The molecular formula is C25H26N2O4S. The molecule has 0 saturated heterocycles. The summed E-state index contributed by atoms with van der Waals surface area (Å²) in [6.07, 6.45) is 0.705. The second kappa shape index (κ2) is 10.7. The lowest BCUT2D eigenvalue weighted by Crippen LogP contribution is -2.26. The molecule has 0 aromatic heterocycles. The molecule has 166 valence electrons. The topological polar surface area (TPSA) is 92.3 Å². The van der Waals surface area contributed by atoms with Gasteiger partial charge in [0, 0.05) is 17.8 Å². The second-order valence-electron chi connectivity index (χ2n) is 7.64. The maximum absolute atomic E-state index is 12.5. The van der Waals surface area contributed by atoms with Crippen LogP contribution in [0, 0.1) is 6.92 Å². The van der Waals surface area contributed by atoms with E-state index in [1.807, 2.05) is 49.4 Å². The number of carbonyl (C=O) groups is 2. The molecule has 3 aromatic carbocycles. The van der Waals surface area contributed by atoms with E-state index in [2.05, 4.69) is 10.6 Å². The van der Waals surface area contributed by atoms with E-state index in [-0.39, 0.29) is 11.7 Å². The largest absolute Gasteiger partial charge is 0.352 e. The zero-order valence-electron chi connectivity index (χ0n) is 17.9. The summed E-state index contributed by atoms with van der Waals surface area (Å²) in [5.74, 6) is -1.81. The molecule has 2 amide bonds. The lowest BCUT2D eigenvalue weighted by molar-refractivity contribution is -0.113. The second-order valence-corrected chi connectivity index (χ2v) is 9.70. The summed E-state index contributed by atoms with van der Waals surface area (Å²) in [6, 6.07) is 23.4. The average Bonchev–Trinajstić information content (AvgIpc) is 2.75. The molecule has 0 aliphatic carbocycles. The Morgan fingerprint density at radius 2 is 1.53 bits per heavy atom. The highest BCUT2D eigenvalue weighted by atomic mass is 32.2. The number of hydrogen-bond acceptors (Lipinski definition) is 4. The van der Waals surface area contributed by atoms with Crippen molar-refractivity contribution in [2.45, 2.75) is 19.1 Å². The fraction of sp³-hybridized carbons (Fsp3) is 0.200. The van der Waals surface area contributed by atoms with Crippen LogP contribution in [0.4, 0.5) is 5.69 Å². The minimum atomic E-state index is -3.70. The predicted molar refractivity (Wildman–Crippen MR) is 126 cm³/mol. The summed E-state index contributed by atoms with van der Waals surface area (Å²) in [5.41, 5.74) is 3.56. The zero-order valence-corrected chi connectivity index (χ0v) is 18.7. The molecule has 0 aliphatic rings. The SMILES string of the molecule is Cc1ccc(NC(=O)CS(=O)(=O)Cc2cccc(C(=O)NCCc3ccccc3)c2)cc1. The van der Waals surface area contributed by atoms with E-state index < -0.39 is 21.5 Å². The molecular weight excluding hydrogens is 424 g/mol. The minimum absolute atomic E-state index is 0.266. The lowest BCUT2D eigenvalue weighted by atomic mass is 10.1. The van der Waals surface area contributed by atoms with Crippen molar-refractivity contribution in [2.75, 3.05) is 17.6 Å².